The van der Waals surface area contributed by atoms with E-state index < -0.39 is 0 Å². The van der Waals surface area contributed by atoms with Crippen molar-refractivity contribution >= 4 is 27.3 Å². The molecule has 11 heavy (non-hydrogen) atoms. The van der Waals surface area contributed by atoms with Crippen LogP contribution in [0, 0.1) is 0 Å². The van der Waals surface area contributed by atoms with Crippen LogP contribution in [-0.4, -0.2) is 6.04 Å². The van der Waals surface area contributed by atoms with Crippen molar-refractivity contribution in [2.24, 2.45) is 0 Å². The Hall–Kier alpha value is 0.140. The van der Waals surface area contributed by atoms with Crippen molar-refractivity contribution in [3.05, 3.63) is 20.8 Å². The van der Waals surface area contributed by atoms with Crippen molar-refractivity contribution in [2.75, 3.05) is 0 Å². The van der Waals surface area contributed by atoms with E-state index in [1.165, 1.54) is 22.9 Å². The fourth-order valence-corrected chi connectivity index (χ4v) is 2.42. The van der Waals surface area contributed by atoms with Crippen molar-refractivity contribution in [1.29, 1.82) is 0 Å². The fourth-order valence-electron chi connectivity index (χ4n) is 0.976. The molecule has 1 N–H and O–H groups in total. The summed E-state index contributed by atoms with van der Waals surface area (Å²) in [6, 6.07) is 0.807. The Labute approximate surface area is 78.9 Å². The van der Waals surface area contributed by atoms with Gasteiger partial charge in [0.1, 0.15) is 0 Å². The molecule has 3 heteroatoms. The predicted molar refractivity (Wildman–Crippen MR) is 51.9 cm³/mol. The van der Waals surface area contributed by atoms with Gasteiger partial charge in [-0.1, -0.05) is 0 Å². The van der Waals surface area contributed by atoms with Crippen molar-refractivity contribution < 1.29 is 0 Å². The molecule has 0 bridgehead atoms. The molecule has 2 rings (SSSR count). The van der Waals surface area contributed by atoms with E-state index in [1.54, 1.807) is 11.3 Å². The van der Waals surface area contributed by atoms with Crippen LogP contribution in [0.3, 0.4) is 0 Å². The van der Waals surface area contributed by atoms with Gasteiger partial charge >= 0.3 is 0 Å². The maximum atomic E-state index is 3.51. The fraction of sp³-hybridized carbons (Fsp3) is 0.500. The standard InChI is InChI=1S/C8H10BrNS/c9-8-5-11-4-6(8)3-10-7-1-2-7/h4-5,7,10H,1-3H2. The van der Waals surface area contributed by atoms with Gasteiger partial charge in [0, 0.05) is 22.4 Å². The highest BCUT2D eigenvalue weighted by Gasteiger charge is 2.20. The molecular formula is C8H10BrNS. The highest BCUT2D eigenvalue weighted by atomic mass is 79.9. The average Bonchev–Trinajstić information content (AvgIpc) is 2.73. The third-order valence-corrected chi connectivity index (χ3v) is 3.68. The van der Waals surface area contributed by atoms with E-state index in [9.17, 15) is 0 Å². The van der Waals surface area contributed by atoms with E-state index in [0.29, 0.717) is 0 Å². The number of thiophene rings is 1. The lowest BCUT2D eigenvalue weighted by Gasteiger charge is -1.99. The molecule has 0 radical (unpaired) electrons. The van der Waals surface area contributed by atoms with E-state index in [1.807, 2.05) is 0 Å². The molecule has 0 spiro atoms. The third kappa shape index (κ3) is 2.04. The van der Waals surface area contributed by atoms with Crippen molar-refractivity contribution in [2.45, 2.75) is 25.4 Å². The molecular weight excluding hydrogens is 222 g/mol. The zero-order valence-electron chi connectivity index (χ0n) is 6.14. The van der Waals surface area contributed by atoms with Gasteiger partial charge in [-0.2, -0.15) is 11.3 Å². The lowest BCUT2D eigenvalue weighted by atomic mass is 10.3. The van der Waals surface area contributed by atoms with Crippen molar-refractivity contribution in [1.82, 2.24) is 5.32 Å². The Morgan fingerprint density at radius 1 is 1.55 bits per heavy atom. The molecule has 1 heterocycles. The van der Waals surface area contributed by atoms with Crippen LogP contribution in [0.5, 0.6) is 0 Å². The second-order valence-corrected chi connectivity index (χ2v) is 4.50. The summed E-state index contributed by atoms with van der Waals surface area (Å²) in [5.41, 5.74) is 1.39. The Kier molecular flexibility index (Phi) is 2.30. The quantitative estimate of drug-likeness (QED) is 0.844. The summed E-state index contributed by atoms with van der Waals surface area (Å²) in [6.07, 6.45) is 2.73. The van der Waals surface area contributed by atoms with E-state index in [0.717, 1.165) is 12.6 Å². The third-order valence-electron chi connectivity index (χ3n) is 1.85. The van der Waals surface area contributed by atoms with Gasteiger partial charge in [-0.3, -0.25) is 0 Å². The smallest absolute Gasteiger partial charge is 0.0327 e. The van der Waals surface area contributed by atoms with Crippen LogP contribution >= 0.6 is 27.3 Å². The highest BCUT2D eigenvalue weighted by Crippen LogP contribution is 2.23. The first-order valence-corrected chi connectivity index (χ1v) is 5.54. The number of hydrogen-bond acceptors (Lipinski definition) is 2. The number of nitrogens with one attached hydrogen (secondary N) is 1. The van der Waals surface area contributed by atoms with Gasteiger partial charge in [-0.05, 0) is 39.7 Å². The summed E-state index contributed by atoms with van der Waals surface area (Å²) in [7, 11) is 0. The Balaban J connectivity index is 1.89. The minimum Gasteiger partial charge on any atom is -0.310 e. The summed E-state index contributed by atoms with van der Waals surface area (Å²) in [4.78, 5) is 0. The zero-order valence-corrected chi connectivity index (χ0v) is 8.54. The molecule has 1 saturated carbocycles. The van der Waals surface area contributed by atoms with Crippen LogP contribution < -0.4 is 5.32 Å². The van der Waals surface area contributed by atoms with Gasteiger partial charge in [-0.25, -0.2) is 0 Å². The highest BCUT2D eigenvalue weighted by molar-refractivity contribution is 9.10. The number of halogens is 1. The first kappa shape index (κ1) is 7.77. The van der Waals surface area contributed by atoms with Crippen LogP contribution in [0.1, 0.15) is 18.4 Å². The normalized spacial score (nSPS) is 17.2. The summed E-state index contributed by atoms with van der Waals surface area (Å²) in [5.74, 6) is 0. The summed E-state index contributed by atoms with van der Waals surface area (Å²) in [5, 5.41) is 7.80. The molecule has 1 aliphatic carbocycles. The van der Waals surface area contributed by atoms with Crippen LogP contribution in [0.2, 0.25) is 0 Å². The van der Waals surface area contributed by atoms with Crippen LogP contribution in [0.15, 0.2) is 15.2 Å². The van der Waals surface area contributed by atoms with Crippen LogP contribution in [0.4, 0.5) is 0 Å². The molecule has 1 nitrogen and oxygen atoms in total. The topological polar surface area (TPSA) is 12.0 Å². The minimum atomic E-state index is 0.807. The Morgan fingerprint density at radius 2 is 2.36 bits per heavy atom. The Bertz CT molecular complexity index is 242. The molecule has 1 aliphatic rings. The van der Waals surface area contributed by atoms with Crippen molar-refractivity contribution in [3.8, 4) is 0 Å². The summed E-state index contributed by atoms with van der Waals surface area (Å²) in [6.45, 7) is 1.02. The average molecular weight is 232 g/mol. The maximum Gasteiger partial charge on any atom is 0.0327 e. The SMILES string of the molecule is Brc1cscc1CNC1CC1. The number of hydrogen-bond donors (Lipinski definition) is 1. The van der Waals surface area contributed by atoms with Gasteiger partial charge in [0.15, 0.2) is 0 Å². The summed E-state index contributed by atoms with van der Waals surface area (Å²) >= 11 is 5.26. The first-order chi connectivity index (χ1) is 5.36. The van der Waals surface area contributed by atoms with Gasteiger partial charge in [0.2, 0.25) is 0 Å². The van der Waals surface area contributed by atoms with Gasteiger partial charge < -0.3 is 5.32 Å². The molecule has 0 aliphatic heterocycles. The van der Waals surface area contributed by atoms with E-state index >= 15 is 0 Å². The molecule has 60 valence electrons. The molecule has 0 saturated heterocycles. The number of rotatable bonds is 3. The van der Waals surface area contributed by atoms with E-state index in [2.05, 4.69) is 32.0 Å². The second kappa shape index (κ2) is 3.25. The monoisotopic (exact) mass is 231 g/mol. The second-order valence-electron chi connectivity index (χ2n) is 2.90. The van der Waals surface area contributed by atoms with E-state index in [4.69, 9.17) is 0 Å². The molecule has 0 unspecified atom stereocenters. The van der Waals surface area contributed by atoms with Gasteiger partial charge in [0.25, 0.3) is 0 Å². The van der Waals surface area contributed by atoms with E-state index in [-0.39, 0.29) is 0 Å². The van der Waals surface area contributed by atoms with Crippen LogP contribution in [0.25, 0.3) is 0 Å². The molecule has 1 fully saturated rings. The molecule has 0 aromatic carbocycles. The molecule has 0 atom stereocenters. The molecule has 0 amide bonds. The van der Waals surface area contributed by atoms with Gasteiger partial charge in [-0.15, -0.1) is 0 Å². The molecule has 1 aromatic heterocycles. The Morgan fingerprint density at radius 3 is 2.91 bits per heavy atom. The maximum absolute atomic E-state index is 3.51. The first-order valence-electron chi connectivity index (χ1n) is 3.80. The van der Waals surface area contributed by atoms with Crippen LogP contribution in [-0.2, 0) is 6.54 Å². The zero-order chi connectivity index (χ0) is 7.68. The lowest BCUT2D eigenvalue weighted by molar-refractivity contribution is 0.688. The van der Waals surface area contributed by atoms with Crippen molar-refractivity contribution in [3.63, 3.8) is 0 Å². The minimum absolute atomic E-state index is 0.807. The lowest BCUT2D eigenvalue weighted by Crippen LogP contribution is -2.14. The largest absolute Gasteiger partial charge is 0.310 e. The predicted octanol–water partition coefficient (Wildman–Crippen LogP) is 2.76. The van der Waals surface area contributed by atoms with Gasteiger partial charge in [0.05, 0.1) is 0 Å². The summed E-state index contributed by atoms with van der Waals surface area (Å²) < 4.78 is 1.25. The molecule has 1 aromatic rings.